The number of rotatable bonds is 1. The van der Waals surface area contributed by atoms with Crippen LogP contribution in [0.25, 0.3) is 0 Å². The molecule has 6 atom stereocenters. The SMILES string of the molecule is O=C1[C@@H]2[C@@H]3C[C@H]([C@H](Br)[C@@H]3Br)[C@@H]2C(=O)N1c1ccccc1. The van der Waals surface area contributed by atoms with E-state index >= 15 is 0 Å². The lowest BCUT2D eigenvalue weighted by molar-refractivity contribution is -0.123. The van der Waals surface area contributed by atoms with Gasteiger partial charge in [-0.25, -0.2) is 0 Å². The number of carbonyl (C=O) groups excluding carboxylic acids is 2. The molecule has 2 aliphatic carbocycles. The Morgan fingerprint density at radius 1 is 0.900 bits per heavy atom. The second kappa shape index (κ2) is 4.41. The molecule has 0 aromatic heterocycles. The van der Waals surface area contributed by atoms with Crippen molar-refractivity contribution in [2.24, 2.45) is 23.7 Å². The molecule has 1 saturated heterocycles. The molecular weight excluding hydrogens is 386 g/mol. The number of amides is 2. The first-order valence-corrected chi connectivity index (χ1v) is 8.65. The van der Waals surface area contributed by atoms with Crippen LogP contribution in [0.15, 0.2) is 30.3 Å². The summed E-state index contributed by atoms with van der Waals surface area (Å²) in [5.74, 6) is 0.265. The van der Waals surface area contributed by atoms with Gasteiger partial charge in [-0.3, -0.25) is 14.5 Å². The average molecular weight is 399 g/mol. The molecule has 3 fully saturated rings. The maximum Gasteiger partial charge on any atom is 0.238 e. The standard InChI is InChI=1S/C15H13Br2NO2/c16-12-8-6-9(13(12)17)11-10(8)14(19)18(15(11)20)7-4-2-1-3-5-7/h1-5,8-13H,6H2/t8-,9-,10-,11+,12-,13+/m0/s1. The number of anilines is 1. The Morgan fingerprint density at radius 3 is 1.90 bits per heavy atom. The predicted molar refractivity (Wildman–Crippen MR) is 82.9 cm³/mol. The number of nitrogens with zero attached hydrogens (tertiary/aromatic N) is 1. The Hall–Kier alpha value is -0.680. The van der Waals surface area contributed by atoms with Crippen molar-refractivity contribution in [3.05, 3.63) is 30.3 Å². The molecule has 20 heavy (non-hydrogen) atoms. The lowest BCUT2D eigenvalue weighted by Gasteiger charge is -2.28. The van der Waals surface area contributed by atoms with Gasteiger partial charge in [0.2, 0.25) is 11.8 Å². The Bertz CT molecular complexity index is 559. The van der Waals surface area contributed by atoms with E-state index in [1.54, 1.807) is 0 Å². The summed E-state index contributed by atoms with van der Waals surface area (Å²) in [7, 11) is 0. The molecule has 0 spiro atoms. The molecule has 1 aromatic carbocycles. The minimum atomic E-state index is -0.133. The van der Waals surface area contributed by atoms with Crippen molar-refractivity contribution < 1.29 is 9.59 Å². The molecular formula is C15H13Br2NO2. The normalized spacial score (nSPS) is 42.4. The van der Waals surface area contributed by atoms with Crippen molar-refractivity contribution in [3.8, 4) is 0 Å². The van der Waals surface area contributed by atoms with Crippen LogP contribution in [0.4, 0.5) is 5.69 Å². The molecule has 0 N–H and O–H groups in total. The average Bonchev–Trinajstić information content (AvgIpc) is 3.05. The topological polar surface area (TPSA) is 37.4 Å². The first kappa shape index (κ1) is 13.0. The molecule has 3 aliphatic rings. The largest absolute Gasteiger partial charge is 0.274 e. The number of fused-ring (bicyclic) bond motifs is 5. The summed E-state index contributed by atoms with van der Waals surface area (Å²) in [6.07, 6.45) is 0.973. The molecule has 1 aliphatic heterocycles. The minimum Gasteiger partial charge on any atom is -0.274 e. The van der Waals surface area contributed by atoms with E-state index in [1.165, 1.54) is 4.90 Å². The molecule has 0 radical (unpaired) electrons. The first-order chi connectivity index (χ1) is 9.61. The summed E-state index contributed by atoms with van der Waals surface area (Å²) in [6.45, 7) is 0. The monoisotopic (exact) mass is 397 g/mol. The summed E-state index contributed by atoms with van der Waals surface area (Å²) in [5.41, 5.74) is 0.702. The first-order valence-electron chi connectivity index (χ1n) is 6.82. The van der Waals surface area contributed by atoms with Gasteiger partial charge >= 0.3 is 0 Å². The maximum atomic E-state index is 12.7. The summed E-state index contributed by atoms with van der Waals surface area (Å²) in [5, 5.41) is 0. The number of hydrogen-bond donors (Lipinski definition) is 0. The third-order valence-corrected chi connectivity index (χ3v) is 8.21. The zero-order chi connectivity index (χ0) is 14.0. The molecule has 2 saturated carbocycles. The van der Waals surface area contributed by atoms with Crippen molar-refractivity contribution in [2.75, 3.05) is 4.90 Å². The van der Waals surface area contributed by atoms with Gasteiger partial charge in [-0.1, -0.05) is 50.1 Å². The molecule has 3 nitrogen and oxygen atoms in total. The number of alkyl halides is 2. The predicted octanol–water partition coefficient (Wildman–Crippen LogP) is 2.97. The van der Waals surface area contributed by atoms with Crippen LogP contribution in [-0.2, 0) is 9.59 Å². The van der Waals surface area contributed by atoms with Crippen LogP contribution in [0, 0.1) is 23.7 Å². The van der Waals surface area contributed by atoms with Crippen molar-refractivity contribution >= 4 is 49.4 Å². The van der Waals surface area contributed by atoms with Gasteiger partial charge in [0.15, 0.2) is 0 Å². The van der Waals surface area contributed by atoms with Crippen molar-refractivity contribution in [3.63, 3.8) is 0 Å². The van der Waals surface area contributed by atoms with E-state index in [2.05, 4.69) is 31.9 Å². The summed E-state index contributed by atoms with van der Waals surface area (Å²) in [4.78, 5) is 27.4. The third kappa shape index (κ3) is 1.51. The Kier molecular flexibility index (Phi) is 2.87. The van der Waals surface area contributed by atoms with E-state index in [4.69, 9.17) is 0 Å². The van der Waals surface area contributed by atoms with Crippen LogP contribution in [0.5, 0.6) is 0 Å². The van der Waals surface area contributed by atoms with Crippen LogP contribution >= 0.6 is 31.9 Å². The van der Waals surface area contributed by atoms with Crippen molar-refractivity contribution in [1.82, 2.24) is 0 Å². The van der Waals surface area contributed by atoms with E-state index in [1.807, 2.05) is 30.3 Å². The molecule has 1 heterocycles. The Morgan fingerprint density at radius 2 is 1.40 bits per heavy atom. The van der Waals surface area contributed by atoms with Gasteiger partial charge in [0.05, 0.1) is 17.5 Å². The van der Waals surface area contributed by atoms with Crippen LogP contribution in [0.2, 0.25) is 0 Å². The van der Waals surface area contributed by atoms with Gasteiger partial charge in [0, 0.05) is 9.65 Å². The van der Waals surface area contributed by atoms with Crippen LogP contribution < -0.4 is 4.90 Å². The van der Waals surface area contributed by atoms with Crippen LogP contribution in [-0.4, -0.2) is 21.5 Å². The highest BCUT2D eigenvalue weighted by Gasteiger charge is 2.66. The third-order valence-electron chi connectivity index (χ3n) is 5.00. The highest BCUT2D eigenvalue weighted by atomic mass is 79.9. The quantitative estimate of drug-likeness (QED) is 0.538. The van der Waals surface area contributed by atoms with E-state index < -0.39 is 0 Å². The molecule has 0 unspecified atom stereocenters. The van der Waals surface area contributed by atoms with Gasteiger partial charge in [-0.2, -0.15) is 0 Å². The van der Waals surface area contributed by atoms with Crippen molar-refractivity contribution in [2.45, 2.75) is 16.1 Å². The van der Waals surface area contributed by atoms with Crippen molar-refractivity contribution in [1.29, 1.82) is 0 Å². The molecule has 5 heteroatoms. The number of para-hydroxylation sites is 1. The molecule has 1 aromatic rings. The van der Waals surface area contributed by atoms with Crippen LogP contribution in [0.3, 0.4) is 0 Å². The van der Waals surface area contributed by atoms with Gasteiger partial charge < -0.3 is 0 Å². The van der Waals surface area contributed by atoms with E-state index in [0.29, 0.717) is 15.3 Å². The smallest absolute Gasteiger partial charge is 0.238 e. The Labute approximate surface area is 134 Å². The second-order valence-electron chi connectivity index (χ2n) is 5.85. The lowest BCUT2D eigenvalue weighted by Crippen LogP contribution is -2.37. The second-order valence-corrected chi connectivity index (χ2v) is 7.97. The zero-order valence-electron chi connectivity index (χ0n) is 10.6. The zero-order valence-corrected chi connectivity index (χ0v) is 13.7. The van der Waals surface area contributed by atoms with Gasteiger partial charge in [-0.05, 0) is 30.4 Å². The molecule has 2 amide bonds. The number of carbonyl (C=O) groups is 2. The van der Waals surface area contributed by atoms with E-state index in [9.17, 15) is 9.59 Å². The number of imide groups is 1. The minimum absolute atomic E-state index is 0.0115. The fourth-order valence-corrected chi connectivity index (χ4v) is 6.05. The highest BCUT2D eigenvalue weighted by Crippen LogP contribution is 2.60. The highest BCUT2D eigenvalue weighted by molar-refractivity contribution is 9.12. The van der Waals surface area contributed by atoms with Crippen LogP contribution in [0.1, 0.15) is 6.42 Å². The molecule has 2 bridgehead atoms. The summed E-state index contributed by atoms with van der Waals surface area (Å²) < 4.78 is 0. The number of halogens is 2. The van der Waals surface area contributed by atoms with Gasteiger partial charge in [0.1, 0.15) is 0 Å². The maximum absolute atomic E-state index is 12.7. The van der Waals surface area contributed by atoms with E-state index in [-0.39, 0.29) is 35.5 Å². The molecule has 104 valence electrons. The summed E-state index contributed by atoms with van der Waals surface area (Å²) >= 11 is 7.38. The van der Waals surface area contributed by atoms with E-state index in [0.717, 1.165) is 6.42 Å². The number of hydrogen-bond acceptors (Lipinski definition) is 2. The Balaban J connectivity index is 1.75. The van der Waals surface area contributed by atoms with Gasteiger partial charge in [-0.15, -0.1) is 0 Å². The fraction of sp³-hybridized carbons (Fsp3) is 0.467. The molecule has 4 rings (SSSR count). The van der Waals surface area contributed by atoms with Gasteiger partial charge in [0.25, 0.3) is 0 Å². The summed E-state index contributed by atoms with van der Waals surface area (Å²) in [6, 6.07) is 9.27. The fourth-order valence-electron chi connectivity index (χ4n) is 4.18. The lowest BCUT2D eigenvalue weighted by atomic mass is 9.81. The number of benzene rings is 1.